The highest BCUT2D eigenvalue weighted by molar-refractivity contribution is 14.1. The van der Waals surface area contributed by atoms with E-state index in [1.54, 1.807) is 0 Å². The van der Waals surface area contributed by atoms with Crippen LogP contribution in [0.3, 0.4) is 0 Å². The van der Waals surface area contributed by atoms with Gasteiger partial charge in [0.25, 0.3) is 0 Å². The van der Waals surface area contributed by atoms with Gasteiger partial charge in [-0.15, -0.1) is 10.2 Å². The van der Waals surface area contributed by atoms with E-state index in [1.165, 1.54) is 12.8 Å². The van der Waals surface area contributed by atoms with E-state index in [1.807, 2.05) is 12.1 Å². The van der Waals surface area contributed by atoms with Gasteiger partial charge < -0.3 is 10.1 Å². The lowest BCUT2D eigenvalue weighted by Crippen LogP contribution is -2.56. The van der Waals surface area contributed by atoms with Crippen LogP contribution in [0.4, 0.5) is 0 Å². The fourth-order valence-corrected chi connectivity index (χ4v) is 3.29. The van der Waals surface area contributed by atoms with Crippen molar-refractivity contribution in [3.05, 3.63) is 15.8 Å². The Morgan fingerprint density at radius 1 is 1.28 bits per heavy atom. The first-order valence-corrected chi connectivity index (χ1v) is 7.50. The van der Waals surface area contributed by atoms with E-state index in [9.17, 15) is 0 Å². The minimum Gasteiger partial charge on any atom is -0.473 e. The smallest absolute Gasteiger partial charge is 0.233 e. The number of piperidine rings is 1. The Hall–Kier alpha value is -0.430. The van der Waals surface area contributed by atoms with Gasteiger partial charge in [0.05, 0.1) is 0 Å². The van der Waals surface area contributed by atoms with E-state index in [0.717, 1.165) is 16.5 Å². The van der Waals surface area contributed by atoms with Gasteiger partial charge >= 0.3 is 0 Å². The second-order valence-electron chi connectivity index (χ2n) is 6.13. The first-order chi connectivity index (χ1) is 8.46. The molecule has 1 spiro atoms. The summed E-state index contributed by atoms with van der Waals surface area (Å²) in [5, 5.41) is 11.9. The van der Waals surface area contributed by atoms with Crippen LogP contribution < -0.4 is 10.1 Å². The molecule has 3 rings (SSSR count). The average Bonchev–Trinajstić information content (AvgIpc) is 2.98. The Balaban J connectivity index is 1.70. The lowest BCUT2D eigenvalue weighted by molar-refractivity contribution is 0.0736. The topological polar surface area (TPSA) is 47.0 Å². The summed E-state index contributed by atoms with van der Waals surface area (Å²) in [6.07, 6.45) is 4.90. The highest BCUT2D eigenvalue weighted by Gasteiger charge is 2.51. The second-order valence-corrected chi connectivity index (χ2v) is 7.24. The zero-order chi connectivity index (χ0) is 12.8. The van der Waals surface area contributed by atoms with Gasteiger partial charge in [0, 0.05) is 30.0 Å². The van der Waals surface area contributed by atoms with Crippen molar-refractivity contribution in [2.24, 2.45) is 0 Å². The van der Waals surface area contributed by atoms with Gasteiger partial charge in [-0.1, -0.05) is 0 Å². The number of nitrogens with one attached hydrogen (secondary N) is 1. The normalized spacial score (nSPS) is 28.1. The third-order valence-electron chi connectivity index (χ3n) is 3.71. The molecular weight excluding hydrogens is 341 g/mol. The highest BCUT2D eigenvalue weighted by atomic mass is 127. The third-order valence-corrected chi connectivity index (χ3v) is 4.28. The van der Waals surface area contributed by atoms with E-state index in [0.29, 0.717) is 11.4 Å². The van der Waals surface area contributed by atoms with Crippen molar-refractivity contribution in [1.82, 2.24) is 15.5 Å². The van der Waals surface area contributed by atoms with E-state index in [4.69, 9.17) is 4.74 Å². The van der Waals surface area contributed by atoms with Crippen LogP contribution in [0.15, 0.2) is 12.1 Å². The predicted molar refractivity (Wildman–Crippen MR) is 77.6 cm³/mol. The molecule has 2 aliphatic rings. The van der Waals surface area contributed by atoms with E-state index in [2.05, 4.69) is 52.0 Å². The van der Waals surface area contributed by atoms with Crippen molar-refractivity contribution in [3.63, 3.8) is 0 Å². The molecule has 1 aliphatic heterocycles. The number of rotatable bonds is 2. The molecule has 1 N–H and O–H groups in total. The quantitative estimate of drug-likeness (QED) is 0.825. The van der Waals surface area contributed by atoms with Crippen molar-refractivity contribution >= 4 is 22.6 Å². The van der Waals surface area contributed by atoms with Crippen LogP contribution in [-0.2, 0) is 0 Å². The molecule has 0 aromatic carbocycles. The molecule has 4 nitrogen and oxygen atoms in total. The first-order valence-electron chi connectivity index (χ1n) is 6.42. The molecule has 1 aromatic heterocycles. The van der Waals surface area contributed by atoms with Gasteiger partial charge in [0.2, 0.25) is 5.88 Å². The number of aromatic nitrogens is 2. The van der Waals surface area contributed by atoms with Crippen molar-refractivity contribution in [3.8, 4) is 5.88 Å². The zero-order valence-corrected chi connectivity index (χ0v) is 12.9. The fourth-order valence-electron chi connectivity index (χ4n) is 3.00. The van der Waals surface area contributed by atoms with E-state index >= 15 is 0 Å². The minimum atomic E-state index is 0.149. The molecule has 1 unspecified atom stereocenters. The molecule has 1 saturated heterocycles. The van der Waals surface area contributed by atoms with Crippen molar-refractivity contribution < 1.29 is 4.74 Å². The van der Waals surface area contributed by atoms with Crippen LogP contribution in [-0.4, -0.2) is 27.4 Å². The summed E-state index contributed by atoms with van der Waals surface area (Å²) in [5.41, 5.74) is 0.485. The summed E-state index contributed by atoms with van der Waals surface area (Å²) in [4.78, 5) is 0. The maximum Gasteiger partial charge on any atom is 0.233 e. The van der Waals surface area contributed by atoms with Crippen molar-refractivity contribution in [2.45, 2.75) is 56.7 Å². The predicted octanol–water partition coefficient (Wildman–Crippen LogP) is 2.52. The van der Waals surface area contributed by atoms with Crippen molar-refractivity contribution in [2.75, 3.05) is 0 Å². The van der Waals surface area contributed by atoms with Gasteiger partial charge in [0.15, 0.2) is 0 Å². The number of hydrogen-bond acceptors (Lipinski definition) is 4. The summed E-state index contributed by atoms with van der Waals surface area (Å²) < 4.78 is 6.90. The summed E-state index contributed by atoms with van der Waals surface area (Å²) in [6, 6.07) is 3.84. The molecule has 0 bridgehead atoms. The molecule has 1 aliphatic carbocycles. The number of ether oxygens (including phenoxy) is 1. The summed E-state index contributed by atoms with van der Waals surface area (Å²) in [5.74, 6) is 0.647. The van der Waals surface area contributed by atoms with Crippen LogP contribution >= 0.6 is 22.6 Å². The number of halogens is 1. The lowest BCUT2D eigenvalue weighted by atomic mass is 9.85. The molecule has 0 amide bonds. The Morgan fingerprint density at radius 2 is 2.06 bits per heavy atom. The van der Waals surface area contributed by atoms with E-state index < -0.39 is 0 Å². The van der Waals surface area contributed by atoms with Gasteiger partial charge in [-0.25, -0.2) is 0 Å². The van der Waals surface area contributed by atoms with E-state index in [-0.39, 0.29) is 11.6 Å². The fraction of sp³-hybridized carbons (Fsp3) is 0.692. The minimum absolute atomic E-state index is 0.149. The summed E-state index contributed by atoms with van der Waals surface area (Å²) in [6.45, 7) is 4.50. The van der Waals surface area contributed by atoms with Crippen LogP contribution in [0.25, 0.3) is 0 Å². The van der Waals surface area contributed by atoms with Crippen LogP contribution in [0.5, 0.6) is 5.88 Å². The Bertz CT molecular complexity index is 436. The summed E-state index contributed by atoms with van der Waals surface area (Å²) >= 11 is 2.15. The molecule has 2 heterocycles. The maximum absolute atomic E-state index is 6.00. The number of nitrogens with zero attached hydrogens (tertiary/aromatic N) is 2. The largest absolute Gasteiger partial charge is 0.473 e. The van der Waals surface area contributed by atoms with Crippen LogP contribution in [0.1, 0.15) is 39.5 Å². The highest BCUT2D eigenvalue weighted by Crippen LogP contribution is 2.46. The molecule has 1 aromatic rings. The van der Waals surface area contributed by atoms with Gasteiger partial charge in [-0.2, -0.15) is 0 Å². The maximum atomic E-state index is 6.00. The first kappa shape index (κ1) is 12.6. The molecule has 1 atom stereocenters. The molecular formula is C13H18IN3O. The molecule has 0 radical (unpaired) electrons. The molecule has 18 heavy (non-hydrogen) atoms. The lowest BCUT2D eigenvalue weighted by Gasteiger charge is -2.41. The van der Waals surface area contributed by atoms with Gasteiger partial charge in [0.1, 0.15) is 9.80 Å². The van der Waals surface area contributed by atoms with Crippen LogP contribution in [0, 0.1) is 3.70 Å². The molecule has 98 valence electrons. The molecule has 5 heteroatoms. The Labute approximate surface area is 121 Å². The summed E-state index contributed by atoms with van der Waals surface area (Å²) in [7, 11) is 0. The van der Waals surface area contributed by atoms with Gasteiger partial charge in [-0.05, 0) is 55.3 Å². The third kappa shape index (κ3) is 2.77. The Morgan fingerprint density at radius 3 is 2.67 bits per heavy atom. The van der Waals surface area contributed by atoms with Gasteiger partial charge in [-0.3, -0.25) is 0 Å². The SMILES string of the molecule is CC1(C)CC(Oc2ccc(I)nn2)CC2(CC2)N1. The zero-order valence-electron chi connectivity index (χ0n) is 10.7. The Kier molecular flexibility index (Phi) is 3.01. The number of hydrogen-bond donors (Lipinski definition) is 1. The second kappa shape index (κ2) is 4.30. The standard InChI is InChI=1S/C13H18IN3O/c1-12(2)7-9(8-13(17-12)5-6-13)18-11-4-3-10(14)15-16-11/h3-4,9,17H,5-8H2,1-2H3. The monoisotopic (exact) mass is 359 g/mol. The molecule has 2 fully saturated rings. The molecule has 1 saturated carbocycles. The van der Waals surface area contributed by atoms with Crippen LogP contribution in [0.2, 0.25) is 0 Å². The van der Waals surface area contributed by atoms with Crippen molar-refractivity contribution in [1.29, 1.82) is 0 Å². The average molecular weight is 359 g/mol.